The predicted molar refractivity (Wildman–Crippen MR) is 210 cm³/mol. The molecule has 308 valence electrons. The number of rotatable bonds is 8. The van der Waals surface area contributed by atoms with Crippen LogP contribution in [0.15, 0.2) is 85.2 Å². The second-order valence-electron chi connectivity index (χ2n) is 14.6. The van der Waals surface area contributed by atoms with Crippen LogP contribution in [0, 0.1) is 0 Å². The third kappa shape index (κ3) is 8.78. The van der Waals surface area contributed by atoms with Crippen molar-refractivity contribution in [3.63, 3.8) is 0 Å². The highest BCUT2D eigenvalue weighted by Gasteiger charge is 2.47. The zero-order valence-electron chi connectivity index (χ0n) is 32.0. The van der Waals surface area contributed by atoms with Crippen molar-refractivity contribution in [3.05, 3.63) is 107 Å². The number of nitrogens with one attached hydrogen (secondary N) is 2. The molecule has 3 aliphatic rings. The van der Waals surface area contributed by atoms with Crippen LogP contribution in [0.25, 0.3) is 22.1 Å². The van der Waals surface area contributed by atoms with Gasteiger partial charge in [0.1, 0.15) is 11.6 Å². The first-order chi connectivity index (χ1) is 28.3. The second kappa shape index (κ2) is 16.4. The van der Waals surface area contributed by atoms with Crippen molar-refractivity contribution < 1.29 is 35.8 Å². The first-order valence-electron chi connectivity index (χ1n) is 19.1. The monoisotopic (exact) mass is 818 g/mol. The zero-order chi connectivity index (χ0) is 41.3. The summed E-state index contributed by atoms with van der Waals surface area (Å²) in [4.78, 5) is 31.3. The number of alkyl halides is 6. The molecular weight excluding hydrogens is 779 g/mol. The van der Waals surface area contributed by atoms with E-state index in [1.807, 2.05) is 19.9 Å². The maximum Gasteiger partial charge on any atom is 0.416 e. The molecule has 0 spiro atoms. The van der Waals surface area contributed by atoms with Crippen molar-refractivity contribution in [2.75, 3.05) is 46.8 Å². The Bertz CT molecular complexity index is 2430. The summed E-state index contributed by atoms with van der Waals surface area (Å²) in [5, 5.41) is 7.47. The summed E-state index contributed by atoms with van der Waals surface area (Å²) in [6.07, 6.45) is -4.41. The predicted octanol–water partition coefficient (Wildman–Crippen LogP) is 7.90. The third-order valence-electron chi connectivity index (χ3n) is 10.4. The molecule has 18 heteroatoms. The number of halogens is 6. The molecule has 1 aliphatic carbocycles. The van der Waals surface area contributed by atoms with E-state index in [-0.39, 0.29) is 48.4 Å². The van der Waals surface area contributed by atoms with Gasteiger partial charge >= 0.3 is 12.4 Å². The summed E-state index contributed by atoms with van der Waals surface area (Å²) >= 11 is 0. The van der Waals surface area contributed by atoms with Crippen molar-refractivity contribution in [2.45, 2.75) is 69.9 Å². The number of anilines is 4. The van der Waals surface area contributed by atoms with Gasteiger partial charge in [-0.25, -0.2) is 9.97 Å². The smallest absolute Gasteiger partial charge is 0.377 e. The van der Waals surface area contributed by atoms with Crippen LogP contribution in [-0.4, -0.2) is 80.5 Å². The van der Waals surface area contributed by atoms with Crippen molar-refractivity contribution >= 4 is 45.6 Å². The first-order valence-corrected chi connectivity index (χ1v) is 19.1. The summed E-state index contributed by atoms with van der Waals surface area (Å²) < 4.78 is 91.1. The van der Waals surface area contributed by atoms with Gasteiger partial charge in [0.15, 0.2) is 11.3 Å². The van der Waals surface area contributed by atoms with Crippen LogP contribution in [-0.2, 0) is 34.9 Å². The fourth-order valence-corrected chi connectivity index (χ4v) is 7.46. The van der Waals surface area contributed by atoms with Gasteiger partial charge < -0.3 is 29.9 Å². The Kier molecular flexibility index (Phi) is 11.1. The summed E-state index contributed by atoms with van der Waals surface area (Å²) in [7, 11) is 0. The molecule has 2 aromatic carbocycles. The number of hydrogen-bond acceptors (Lipinski definition) is 12. The molecule has 1 saturated carbocycles. The maximum atomic E-state index is 13.3. The van der Waals surface area contributed by atoms with E-state index in [0.29, 0.717) is 72.0 Å². The molecule has 12 nitrogen and oxygen atoms in total. The van der Waals surface area contributed by atoms with Crippen LogP contribution >= 0.6 is 0 Å². The molecule has 4 atom stereocenters. The minimum Gasteiger partial charge on any atom is -0.377 e. The van der Waals surface area contributed by atoms with E-state index >= 15 is 0 Å². The number of nitrogens with zero attached hydrogens (tertiary/aromatic N) is 8. The number of benzene rings is 2. The molecule has 0 amide bonds. The number of hydrogen-bond donors (Lipinski definition) is 2. The van der Waals surface area contributed by atoms with Gasteiger partial charge in [0.2, 0.25) is 11.9 Å². The molecule has 2 aliphatic heterocycles. The summed E-state index contributed by atoms with van der Waals surface area (Å²) in [6.45, 7) is 6.39. The second-order valence-corrected chi connectivity index (χ2v) is 14.6. The van der Waals surface area contributed by atoms with Crippen LogP contribution < -0.4 is 20.4 Å². The van der Waals surface area contributed by atoms with Gasteiger partial charge in [0.25, 0.3) is 0 Å². The molecule has 6 heterocycles. The lowest BCUT2D eigenvalue weighted by Gasteiger charge is -2.38. The maximum absolute atomic E-state index is 13.3. The molecular formula is C41H40F6N10O2. The Morgan fingerprint density at radius 3 is 1.71 bits per heavy atom. The molecule has 3 unspecified atom stereocenters. The standard InChI is InChI=1S/C21H22F3N5O.C20H18F3N5O/c1-13-11-30-12-14(2)29(13)20-27-18-16(7-5-9-25-18)19(28-20)26-10-15-6-3-4-8-17(15)21(22,23)24;21-20(22,23)14-6-2-1-4-12(14)11-25-18-13-5-3-7-24-17(13)26-19(27-18)28-8-9-29-16-10-15(16)28/h3-9,13-14H,10-12H2,1-2H3,(H,25,26,27,28);1-7,15-16H,8-11H2,(H,24,25,26,27)/t13-,14?;/m1./s1. The fraction of sp³-hybridized carbons (Fsp3) is 0.366. The van der Waals surface area contributed by atoms with Crippen LogP contribution in [0.5, 0.6) is 0 Å². The Balaban J connectivity index is 0.000000164. The van der Waals surface area contributed by atoms with E-state index in [0.717, 1.165) is 18.6 Å². The van der Waals surface area contributed by atoms with E-state index in [1.54, 1.807) is 42.7 Å². The highest BCUT2D eigenvalue weighted by Crippen LogP contribution is 2.38. The van der Waals surface area contributed by atoms with Gasteiger partial charge in [-0.2, -0.15) is 46.3 Å². The normalized spacial score (nSPS) is 20.5. The van der Waals surface area contributed by atoms with E-state index in [4.69, 9.17) is 9.47 Å². The molecule has 2 saturated heterocycles. The quantitative estimate of drug-likeness (QED) is 0.145. The molecule has 6 aromatic rings. The van der Waals surface area contributed by atoms with Crippen molar-refractivity contribution in [3.8, 4) is 0 Å². The van der Waals surface area contributed by atoms with Crippen molar-refractivity contribution in [2.24, 2.45) is 0 Å². The van der Waals surface area contributed by atoms with Gasteiger partial charge in [0.05, 0.1) is 65.9 Å². The minimum absolute atomic E-state index is 0.00864. The number of aromatic nitrogens is 6. The molecule has 4 aromatic heterocycles. The van der Waals surface area contributed by atoms with Gasteiger partial charge in [-0.3, -0.25) is 0 Å². The topological polar surface area (TPSA) is 126 Å². The number of ether oxygens (including phenoxy) is 2. The Morgan fingerprint density at radius 1 is 0.661 bits per heavy atom. The lowest BCUT2D eigenvalue weighted by molar-refractivity contribution is -0.139. The Hall–Kier alpha value is -5.88. The van der Waals surface area contributed by atoms with E-state index < -0.39 is 23.5 Å². The molecule has 2 N–H and O–H groups in total. The molecule has 0 radical (unpaired) electrons. The Morgan fingerprint density at radius 2 is 1.17 bits per heavy atom. The lowest BCUT2D eigenvalue weighted by Crippen LogP contribution is -2.50. The van der Waals surface area contributed by atoms with Crippen LogP contribution in [0.4, 0.5) is 49.9 Å². The lowest BCUT2D eigenvalue weighted by atomic mass is 10.1. The van der Waals surface area contributed by atoms with Crippen molar-refractivity contribution in [1.29, 1.82) is 0 Å². The van der Waals surface area contributed by atoms with E-state index in [1.165, 1.54) is 24.3 Å². The van der Waals surface area contributed by atoms with Crippen LogP contribution in [0.3, 0.4) is 0 Å². The average Bonchev–Trinajstić information content (AvgIpc) is 4.02. The SMILES string of the molecule is CC1COC[C@@H](C)N1c1nc(NCc2ccccc2C(F)(F)F)c2cccnc2n1.FC(F)(F)c1ccccc1CNc1nc(N2CCOC3CC32)nc2ncccc12. The van der Waals surface area contributed by atoms with Crippen molar-refractivity contribution in [1.82, 2.24) is 29.9 Å². The van der Waals surface area contributed by atoms with Gasteiger partial charge in [-0.1, -0.05) is 36.4 Å². The third-order valence-corrected chi connectivity index (χ3v) is 10.4. The average molecular weight is 819 g/mol. The van der Waals surface area contributed by atoms with Crippen LogP contribution in [0.1, 0.15) is 42.5 Å². The number of fused-ring (bicyclic) bond motifs is 3. The Labute approximate surface area is 335 Å². The van der Waals surface area contributed by atoms with E-state index in [9.17, 15) is 26.3 Å². The number of morpholine rings is 2. The van der Waals surface area contributed by atoms with E-state index in [2.05, 4.69) is 50.3 Å². The summed E-state index contributed by atoms with van der Waals surface area (Å²) in [5.41, 5.74) is -0.0169. The van der Waals surface area contributed by atoms with Gasteiger partial charge in [-0.05, 0) is 67.8 Å². The van der Waals surface area contributed by atoms with Gasteiger partial charge in [-0.15, -0.1) is 0 Å². The van der Waals surface area contributed by atoms with Gasteiger partial charge in [0, 0.05) is 32.0 Å². The summed E-state index contributed by atoms with van der Waals surface area (Å²) in [6, 6.07) is 18.6. The molecule has 3 fully saturated rings. The van der Waals surface area contributed by atoms with Crippen LogP contribution in [0.2, 0.25) is 0 Å². The highest BCUT2D eigenvalue weighted by atomic mass is 19.4. The summed E-state index contributed by atoms with van der Waals surface area (Å²) in [5.74, 6) is 1.93. The minimum atomic E-state index is -4.42. The number of pyridine rings is 2. The zero-order valence-corrected chi connectivity index (χ0v) is 32.0. The highest BCUT2D eigenvalue weighted by molar-refractivity contribution is 5.88. The largest absolute Gasteiger partial charge is 0.416 e. The molecule has 9 rings (SSSR count). The molecule has 59 heavy (non-hydrogen) atoms. The first kappa shape index (κ1) is 39.9. The molecule has 0 bridgehead atoms. The fourth-order valence-electron chi connectivity index (χ4n) is 7.46.